The van der Waals surface area contributed by atoms with Crippen LogP contribution in [0.2, 0.25) is 18.1 Å². The Bertz CT molecular complexity index is 2250. The third kappa shape index (κ3) is 16.2. The van der Waals surface area contributed by atoms with Crippen molar-refractivity contribution in [3.05, 3.63) is 59.2 Å². The van der Waals surface area contributed by atoms with E-state index in [1.165, 1.54) is 26.2 Å². The molecule has 3 heterocycles. The lowest BCUT2D eigenvalue weighted by molar-refractivity contribution is -0.302. The lowest BCUT2D eigenvalue weighted by Crippen LogP contribution is -2.64. The number of hydrogen-bond donors (Lipinski definition) is 1. The fourth-order valence-corrected chi connectivity index (χ4v) is 12.9. The van der Waals surface area contributed by atoms with Crippen molar-refractivity contribution in [2.45, 2.75) is 218 Å². The van der Waals surface area contributed by atoms with Gasteiger partial charge in [-0.05, 0) is 119 Å². The predicted molar refractivity (Wildman–Crippen MR) is 289 cm³/mol. The lowest BCUT2D eigenvalue weighted by Gasteiger charge is -2.47. The van der Waals surface area contributed by atoms with Crippen molar-refractivity contribution in [1.82, 2.24) is 4.90 Å². The average Bonchev–Trinajstić information content (AvgIpc) is 3.39. The summed E-state index contributed by atoms with van der Waals surface area (Å²) in [4.78, 5) is 72.3. The minimum atomic E-state index is -5.20. The van der Waals surface area contributed by atoms with Gasteiger partial charge in [0.2, 0.25) is 5.79 Å². The SMILES string of the molecule is CCC1/C=C(\C)CC(C)CC(OC)C2OC(O)(C(=O)C(=O)N3CCCCC3C(=O)OC(C(C)=CC3CCC(OCC(OC(=O)C(F)(F)F)c4ccccc4)C(OC)C3)C(C)C(O[Si](C)(C)C(C)(C)C)CC1=O)C(C)CC2OC. The maximum absolute atomic E-state index is 15.0. The summed E-state index contributed by atoms with van der Waals surface area (Å²) < 4.78 is 89.3. The Morgan fingerprint density at radius 1 is 0.885 bits per heavy atom. The van der Waals surface area contributed by atoms with Crippen LogP contribution in [0.15, 0.2) is 53.6 Å². The molecule has 0 radical (unpaired) electrons. The van der Waals surface area contributed by atoms with Gasteiger partial charge in [0.25, 0.3) is 11.7 Å². The molecular formula is C59H90F3NO14Si. The first-order chi connectivity index (χ1) is 36.5. The van der Waals surface area contributed by atoms with Gasteiger partial charge in [-0.15, -0.1) is 0 Å². The molecule has 0 aromatic heterocycles. The number of fused-ring (bicyclic) bond motifs is 3. The van der Waals surface area contributed by atoms with Crippen molar-refractivity contribution in [2.75, 3.05) is 34.5 Å². The fraction of sp³-hybridized carbons (Fsp3) is 0.746. The zero-order chi connectivity index (χ0) is 58.1. The summed E-state index contributed by atoms with van der Waals surface area (Å²) in [7, 11) is 1.93. The molecule has 78 heavy (non-hydrogen) atoms. The number of hydrogen-bond acceptors (Lipinski definition) is 14. The normalized spacial score (nSPS) is 34.2. The van der Waals surface area contributed by atoms with E-state index in [1.54, 1.807) is 37.3 Å². The second-order valence-electron chi connectivity index (χ2n) is 24.1. The number of esters is 2. The number of piperidine rings is 1. The van der Waals surface area contributed by atoms with Gasteiger partial charge in [-0.1, -0.05) is 96.5 Å². The molecule has 1 aromatic rings. The van der Waals surface area contributed by atoms with Crippen LogP contribution >= 0.6 is 0 Å². The number of nitrogens with zero attached hydrogens (tertiary/aromatic N) is 1. The zero-order valence-corrected chi connectivity index (χ0v) is 49.7. The molecule has 1 N–H and O–H groups in total. The molecule has 15 atom stereocenters. The van der Waals surface area contributed by atoms with Gasteiger partial charge in [0.1, 0.15) is 24.0 Å². The topological polar surface area (TPSA) is 183 Å². The first-order valence-corrected chi connectivity index (χ1v) is 31.0. The highest BCUT2D eigenvalue weighted by molar-refractivity contribution is 6.74. The number of aliphatic hydroxyl groups is 1. The molecule has 0 spiro atoms. The third-order valence-corrected chi connectivity index (χ3v) is 21.7. The monoisotopic (exact) mass is 1120 g/mol. The van der Waals surface area contributed by atoms with Gasteiger partial charge in [0.15, 0.2) is 14.4 Å². The van der Waals surface area contributed by atoms with Crippen molar-refractivity contribution in [3.8, 4) is 0 Å². The number of amides is 1. The van der Waals surface area contributed by atoms with Crippen LogP contribution in [0.25, 0.3) is 0 Å². The van der Waals surface area contributed by atoms with Crippen LogP contribution in [0, 0.1) is 29.6 Å². The van der Waals surface area contributed by atoms with Crippen LogP contribution in [0.3, 0.4) is 0 Å². The fourth-order valence-electron chi connectivity index (χ4n) is 11.5. The summed E-state index contributed by atoms with van der Waals surface area (Å²) in [6.07, 6.45) is -3.16. The van der Waals surface area contributed by atoms with E-state index in [2.05, 4.69) is 40.8 Å². The summed E-state index contributed by atoms with van der Waals surface area (Å²) in [5.74, 6) is -10.1. The van der Waals surface area contributed by atoms with Gasteiger partial charge < -0.3 is 47.6 Å². The highest BCUT2D eigenvalue weighted by atomic mass is 28.4. The number of benzene rings is 1. The van der Waals surface area contributed by atoms with Crippen molar-refractivity contribution < 1.29 is 79.8 Å². The lowest BCUT2D eigenvalue weighted by atomic mass is 9.81. The second-order valence-corrected chi connectivity index (χ2v) is 28.9. The van der Waals surface area contributed by atoms with Gasteiger partial charge in [-0.2, -0.15) is 13.2 Å². The first-order valence-electron chi connectivity index (χ1n) is 28.0. The maximum atomic E-state index is 15.0. The summed E-state index contributed by atoms with van der Waals surface area (Å²) in [5, 5.41) is 12.0. The van der Waals surface area contributed by atoms with Crippen molar-refractivity contribution in [2.24, 2.45) is 29.6 Å². The molecule has 4 aliphatic rings. The number of ether oxygens (including phenoxy) is 7. The molecule has 2 saturated heterocycles. The van der Waals surface area contributed by atoms with Gasteiger partial charge in [0, 0.05) is 52.0 Å². The molecule has 5 rings (SSSR count). The van der Waals surface area contributed by atoms with Crippen molar-refractivity contribution >= 4 is 37.7 Å². The van der Waals surface area contributed by atoms with E-state index in [9.17, 15) is 37.5 Å². The van der Waals surface area contributed by atoms with E-state index in [4.69, 9.17) is 37.6 Å². The molecule has 2 bridgehead atoms. The first kappa shape index (κ1) is 65.0. The smallest absolute Gasteiger partial charge is 0.456 e. The third-order valence-electron chi connectivity index (χ3n) is 17.2. The van der Waals surface area contributed by atoms with Crippen molar-refractivity contribution in [1.29, 1.82) is 0 Å². The van der Waals surface area contributed by atoms with Gasteiger partial charge in [-0.25, -0.2) is 9.59 Å². The molecule has 19 heteroatoms. The minimum absolute atomic E-state index is 0.00629. The number of alkyl halides is 3. The molecule has 440 valence electrons. The predicted octanol–water partition coefficient (Wildman–Crippen LogP) is 10.4. The molecule has 1 aromatic carbocycles. The zero-order valence-electron chi connectivity index (χ0n) is 48.7. The van der Waals surface area contributed by atoms with Crippen molar-refractivity contribution in [3.63, 3.8) is 0 Å². The van der Waals surface area contributed by atoms with Gasteiger partial charge in [-0.3, -0.25) is 14.4 Å². The molecule has 1 saturated carbocycles. The van der Waals surface area contributed by atoms with E-state index in [1.807, 2.05) is 39.8 Å². The highest BCUT2D eigenvalue weighted by Gasteiger charge is 2.57. The number of halogens is 3. The van der Waals surface area contributed by atoms with Gasteiger partial charge >= 0.3 is 18.1 Å². The van der Waals surface area contributed by atoms with Crippen LogP contribution in [-0.4, -0.2) is 143 Å². The molecule has 1 amide bonds. The number of carbonyl (C=O) groups excluding carboxylic acids is 5. The molecule has 15 nitrogen and oxygen atoms in total. The van der Waals surface area contributed by atoms with E-state index < -0.39 is 117 Å². The quantitative estimate of drug-likeness (QED) is 0.0852. The molecule has 15 unspecified atom stereocenters. The van der Waals surface area contributed by atoms with E-state index in [-0.39, 0.29) is 55.1 Å². The Morgan fingerprint density at radius 2 is 1.53 bits per heavy atom. The number of ketones is 2. The van der Waals surface area contributed by atoms with Crippen LogP contribution in [0.4, 0.5) is 13.2 Å². The number of cyclic esters (lactones) is 1. The number of Topliss-reactive ketones (excluding diaryl/α,β-unsaturated/α-hetero) is 2. The molecule has 3 aliphatic heterocycles. The minimum Gasteiger partial charge on any atom is -0.456 e. The Kier molecular flexibility index (Phi) is 23.1. The van der Waals surface area contributed by atoms with E-state index in [0.717, 1.165) is 5.57 Å². The Hall–Kier alpha value is -3.82. The Labute approximate surface area is 462 Å². The highest BCUT2D eigenvalue weighted by Crippen LogP contribution is 2.42. The van der Waals surface area contributed by atoms with E-state index >= 15 is 4.79 Å². The van der Waals surface area contributed by atoms with Crippen LogP contribution in [0.5, 0.6) is 0 Å². The maximum Gasteiger partial charge on any atom is 0.490 e. The summed E-state index contributed by atoms with van der Waals surface area (Å²) in [6.45, 7) is 21.7. The largest absolute Gasteiger partial charge is 0.490 e. The Balaban J connectivity index is 1.56. The van der Waals surface area contributed by atoms with E-state index in [0.29, 0.717) is 62.5 Å². The van der Waals surface area contributed by atoms with Crippen LogP contribution < -0.4 is 0 Å². The van der Waals surface area contributed by atoms with Crippen LogP contribution in [-0.2, 0) is 61.6 Å². The number of methoxy groups -OCH3 is 3. The second kappa shape index (κ2) is 27.8. The summed E-state index contributed by atoms with van der Waals surface area (Å²) >= 11 is 0. The standard InChI is InChI=1S/C59H90F3NO14Si/c1-15-41-28-35(2)27-36(3)29-48(71-11)52-49(72-12)31-38(5)58(69,76-52)53(65)54(66)63-26-20-19-23-43(63)55(67)75-51(39(6)46(33-44(41)64)77-78(13,14)57(7,8)9)37(4)30-40-24-25-45(47(32-40)70-10)73-34-50(42-21-17-16-18-22-42)74-56(68)59(60,61)62/h16-18,21-22,28,30,36,38-41,43,45-52,69H,15,19-20,23-27,29,31-34H2,1-14H3/b35-28+,37-30?. The summed E-state index contributed by atoms with van der Waals surface area (Å²) in [6, 6.07) is 6.87. The number of rotatable bonds is 13. The molecule has 3 fully saturated rings. The van der Waals surface area contributed by atoms with Crippen LogP contribution in [0.1, 0.15) is 145 Å². The average molecular weight is 1120 g/mol. The molecular weight excluding hydrogens is 1030 g/mol. The van der Waals surface area contributed by atoms with Gasteiger partial charge in [0.05, 0.1) is 37.1 Å². The summed E-state index contributed by atoms with van der Waals surface area (Å²) in [5.41, 5.74) is 1.98. The number of carbonyl (C=O) groups is 5. The Morgan fingerprint density at radius 3 is 2.13 bits per heavy atom. The molecule has 1 aliphatic carbocycles. The number of allylic oxidation sites excluding steroid dienone is 3.